The van der Waals surface area contributed by atoms with Crippen LogP contribution in [0.4, 0.5) is 0 Å². The van der Waals surface area contributed by atoms with Gasteiger partial charge >= 0.3 is 0 Å². The van der Waals surface area contributed by atoms with Crippen molar-refractivity contribution in [1.82, 2.24) is 10.2 Å². The maximum atomic E-state index is 11.3. The largest absolute Gasteiger partial charge is 0.369 e. The van der Waals surface area contributed by atoms with Gasteiger partial charge in [-0.15, -0.1) is 0 Å². The lowest BCUT2D eigenvalue weighted by molar-refractivity contribution is -0.141. The third-order valence-electron chi connectivity index (χ3n) is 2.10. The molecule has 0 saturated carbocycles. The van der Waals surface area contributed by atoms with Crippen LogP contribution in [-0.2, 0) is 14.4 Å². The molecule has 1 unspecified atom stereocenters. The molecule has 3 N–H and O–H groups in total. The number of nitrogens with two attached hydrogens (primary N) is 1. The molecule has 6 nitrogen and oxygen atoms in total. The second-order valence-corrected chi connectivity index (χ2v) is 3.35. The maximum Gasteiger partial charge on any atom is 0.242 e. The summed E-state index contributed by atoms with van der Waals surface area (Å²) in [6.45, 7) is 1.85. The lowest BCUT2D eigenvalue weighted by atomic mass is 10.1. The number of nitrogens with one attached hydrogen (secondary N) is 1. The molecule has 1 fully saturated rings. The van der Waals surface area contributed by atoms with Crippen LogP contribution in [0.1, 0.15) is 6.92 Å². The van der Waals surface area contributed by atoms with Gasteiger partial charge in [0.1, 0.15) is 0 Å². The fourth-order valence-electron chi connectivity index (χ4n) is 1.19. The normalized spacial score (nSPS) is 19.1. The first-order chi connectivity index (χ1) is 6.50. The summed E-state index contributed by atoms with van der Waals surface area (Å²) in [6, 6.07) is 0. The Labute approximate surface area is 81.4 Å². The number of rotatable bonds is 3. The average molecular weight is 199 g/mol. The molecule has 3 amide bonds. The summed E-state index contributed by atoms with van der Waals surface area (Å²) in [6.07, 6.45) is 0. The Morgan fingerprint density at radius 3 is 2.86 bits per heavy atom. The maximum absolute atomic E-state index is 11.3. The van der Waals surface area contributed by atoms with Crippen LogP contribution >= 0.6 is 0 Å². The second-order valence-electron chi connectivity index (χ2n) is 3.35. The van der Waals surface area contributed by atoms with Crippen LogP contribution in [-0.4, -0.2) is 42.3 Å². The summed E-state index contributed by atoms with van der Waals surface area (Å²) in [5.74, 6) is -1.28. The molecule has 1 heterocycles. The van der Waals surface area contributed by atoms with Gasteiger partial charge in [-0.3, -0.25) is 14.4 Å². The standard InChI is InChI=1S/C8H13N3O3/c1-5(8(9)14)3-11-4-6(12)10-2-7(11)13/h5H,2-4H2,1H3,(H2,9,14)(H,10,12). The number of piperazine rings is 1. The lowest BCUT2D eigenvalue weighted by Crippen LogP contribution is -2.53. The quantitative estimate of drug-likeness (QED) is 0.554. The summed E-state index contributed by atoms with van der Waals surface area (Å²) >= 11 is 0. The fourth-order valence-corrected chi connectivity index (χ4v) is 1.19. The second kappa shape index (κ2) is 4.08. The van der Waals surface area contributed by atoms with Gasteiger partial charge in [-0.1, -0.05) is 6.92 Å². The van der Waals surface area contributed by atoms with E-state index >= 15 is 0 Å². The van der Waals surface area contributed by atoms with Crippen LogP contribution < -0.4 is 11.1 Å². The van der Waals surface area contributed by atoms with Crippen LogP contribution in [0.3, 0.4) is 0 Å². The summed E-state index contributed by atoms with van der Waals surface area (Å²) in [4.78, 5) is 34.3. The van der Waals surface area contributed by atoms with Crippen molar-refractivity contribution in [2.75, 3.05) is 19.6 Å². The van der Waals surface area contributed by atoms with Crippen molar-refractivity contribution in [1.29, 1.82) is 0 Å². The van der Waals surface area contributed by atoms with E-state index in [9.17, 15) is 14.4 Å². The monoisotopic (exact) mass is 199 g/mol. The van der Waals surface area contributed by atoms with Gasteiger partial charge in [-0.05, 0) is 0 Å². The Hall–Kier alpha value is -1.59. The highest BCUT2D eigenvalue weighted by Crippen LogP contribution is 2.02. The SMILES string of the molecule is CC(CN1CC(=O)NCC1=O)C(N)=O. The van der Waals surface area contributed by atoms with Gasteiger partial charge in [-0.25, -0.2) is 0 Å². The van der Waals surface area contributed by atoms with Gasteiger partial charge in [0.2, 0.25) is 17.7 Å². The Morgan fingerprint density at radius 2 is 2.29 bits per heavy atom. The van der Waals surface area contributed by atoms with Crippen molar-refractivity contribution < 1.29 is 14.4 Å². The Balaban J connectivity index is 2.53. The first-order valence-electron chi connectivity index (χ1n) is 4.34. The van der Waals surface area contributed by atoms with E-state index in [1.54, 1.807) is 6.92 Å². The van der Waals surface area contributed by atoms with E-state index < -0.39 is 11.8 Å². The molecule has 0 aromatic heterocycles. The average Bonchev–Trinajstić information content (AvgIpc) is 2.11. The summed E-state index contributed by atoms with van der Waals surface area (Å²) in [7, 11) is 0. The summed E-state index contributed by atoms with van der Waals surface area (Å²) in [5, 5.41) is 2.42. The molecule has 0 aliphatic carbocycles. The zero-order valence-electron chi connectivity index (χ0n) is 7.95. The van der Waals surface area contributed by atoms with Gasteiger partial charge in [0.25, 0.3) is 0 Å². The van der Waals surface area contributed by atoms with Gasteiger partial charge in [0.05, 0.1) is 19.0 Å². The minimum absolute atomic E-state index is 0.00428. The van der Waals surface area contributed by atoms with Crippen molar-refractivity contribution in [3.05, 3.63) is 0 Å². The zero-order chi connectivity index (χ0) is 10.7. The third kappa shape index (κ3) is 2.45. The van der Waals surface area contributed by atoms with Crippen LogP contribution in [0.2, 0.25) is 0 Å². The topological polar surface area (TPSA) is 92.5 Å². The van der Waals surface area contributed by atoms with Crippen molar-refractivity contribution in [3.8, 4) is 0 Å². The molecule has 6 heteroatoms. The molecule has 0 aromatic carbocycles. The third-order valence-corrected chi connectivity index (χ3v) is 2.10. The molecule has 0 bridgehead atoms. The molecule has 1 atom stereocenters. The Morgan fingerprint density at radius 1 is 1.64 bits per heavy atom. The van der Waals surface area contributed by atoms with Crippen LogP contribution in [0.25, 0.3) is 0 Å². The molecule has 78 valence electrons. The highest BCUT2D eigenvalue weighted by molar-refractivity contribution is 5.92. The van der Waals surface area contributed by atoms with E-state index in [1.165, 1.54) is 4.90 Å². The molecule has 0 spiro atoms. The predicted octanol–water partition coefficient (Wildman–Crippen LogP) is -1.93. The first kappa shape index (κ1) is 10.5. The smallest absolute Gasteiger partial charge is 0.242 e. The molecule has 1 aliphatic heterocycles. The number of nitrogens with zero attached hydrogens (tertiary/aromatic N) is 1. The van der Waals surface area contributed by atoms with Gasteiger partial charge in [0, 0.05) is 6.54 Å². The molecular weight excluding hydrogens is 186 g/mol. The highest BCUT2D eigenvalue weighted by Gasteiger charge is 2.25. The van der Waals surface area contributed by atoms with Crippen molar-refractivity contribution in [2.24, 2.45) is 11.7 Å². The number of hydrogen-bond donors (Lipinski definition) is 2. The molecule has 0 radical (unpaired) electrons. The van der Waals surface area contributed by atoms with Crippen molar-refractivity contribution in [3.63, 3.8) is 0 Å². The molecule has 0 aromatic rings. The van der Waals surface area contributed by atoms with E-state index in [0.717, 1.165) is 0 Å². The molecule has 1 aliphatic rings. The lowest BCUT2D eigenvalue weighted by Gasteiger charge is -2.28. The van der Waals surface area contributed by atoms with Crippen LogP contribution in [0, 0.1) is 5.92 Å². The minimum Gasteiger partial charge on any atom is -0.369 e. The Kier molecular flexibility index (Phi) is 3.06. The van der Waals surface area contributed by atoms with E-state index in [2.05, 4.69) is 5.32 Å². The number of carbonyl (C=O) groups excluding carboxylic acids is 3. The van der Waals surface area contributed by atoms with Gasteiger partial charge in [0.15, 0.2) is 0 Å². The van der Waals surface area contributed by atoms with E-state index in [-0.39, 0.29) is 31.4 Å². The van der Waals surface area contributed by atoms with E-state index in [1.807, 2.05) is 0 Å². The van der Waals surface area contributed by atoms with Crippen LogP contribution in [0.15, 0.2) is 0 Å². The predicted molar refractivity (Wildman–Crippen MR) is 47.9 cm³/mol. The highest BCUT2D eigenvalue weighted by atomic mass is 16.2. The van der Waals surface area contributed by atoms with E-state index in [4.69, 9.17) is 5.73 Å². The number of hydrogen-bond acceptors (Lipinski definition) is 3. The summed E-state index contributed by atoms with van der Waals surface area (Å²) in [5.41, 5.74) is 5.06. The Bertz CT molecular complexity index is 277. The first-order valence-corrected chi connectivity index (χ1v) is 4.34. The fraction of sp³-hybridized carbons (Fsp3) is 0.625. The molecular formula is C8H13N3O3. The van der Waals surface area contributed by atoms with Gasteiger partial charge in [-0.2, -0.15) is 0 Å². The molecule has 1 rings (SSSR count). The minimum atomic E-state index is -0.469. The van der Waals surface area contributed by atoms with Crippen LogP contribution in [0.5, 0.6) is 0 Å². The zero-order valence-corrected chi connectivity index (χ0v) is 7.95. The number of primary amides is 1. The van der Waals surface area contributed by atoms with Crippen molar-refractivity contribution >= 4 is 17.7 Å². The van der Waals surface area contributed by atoms with E-state index in [0.29, 0.717) is 0 Å². The number of amides is 3. The van der Waals surface area contributed by atoms with Gasteiger partial charge < -0.3 is 16.0 Å². The molecule has 14 heavy (non-hydrogen) atoms. The summed E-state index contributed by atoms with van der Waals surface area (Å²) < 4.78 is 0. The molecule has 1 saturated heterocycles. The number of carbonyl (C=O) groups is 3. The van der Waals surface area contributed by atoms with Crippen molar-refractivity contribution in [2.45, 2.75) is 6.92 Å².